The van der Waals surface area contributed by atoms with Crippen molar-refractivity contribution in [3.05, 3.63) is 42.5 Å². The van der Waals surface area contributed by atoms with Crippen LogP contribution in [0.3, 0.4) is 0 Å². The highest BCUT2D eigenvalue weighted by Crippen LogP contribution is 2.44. The third-order valence-corrected chi connectivity index (χ3v) is 6.84. The summed E-state index contributed by atoms with van der Waals surface area (Å²) in [6.07, 6.45) is 11.5. The van der Waals surface area contributed by atoms with Crippen LogP contribution >= 0.6 is 0 Å². The van der Waals surface area contributed by atoms with E-state index in [1.807, 2.05) is 30.7 Å². The molecular formula is C24H27N7O2. The van der Waals surface area contributed by atoms with E-state index in [-0.39, 0.29) is 11.9 Å². The van der Waals surface area contributed by atoms with Crippen molar-refractivity contribution >= 4 is 28.4 Å². The van der Waals surface area contributed by atoms with E-state index >= 15 is 0 Å². The molecule has 1 aliphatic heterocycles. The monoisotopic (exact) mass is 445 g/mol. The third-order valence-electron chi connectivity index (χ3n) is 6.84. The number of rotatable bonds is 6. The van der Waals surface area contributed by atoms with Crippen molar-refractivity contribution in [2.24, 2.45) is 5.41 Å². The predicted molar refractivity (Wildman–Crippen MR) is 125 cm³/mol. The summed E-state index contributed by atoms with van der Waals surface area (Å²) < 4.78 is 7.12. The maximum absolute atomic E-state index is 12.9. The Kier molecular flexibility index (Phi) is 4.79. The molecule has 0 atom stereocenters. The van der Waals surface area contributed by atoms with Crippen LogP contribution in [-0.4, -0.2) is 56.3 Å². The molecule has 0 bridgehead atoms. The van der Waals surface area contributed by atoms with Crippen LogP contribution in [0.4, 0.5) is 5.95 Å². The average molecular weight is 446 g/mol. The van der Waals surface area contributed by atoms with Crippen molar-refractivity contribution in [1.82, 2.24) is 29.9 Å². The zero-order chi connectivity index (χ0) is 22.4. The number of ether oxygens (including phenoxy) is 1. The van der Waals surface area contributed by atoms with Gasteiger partial charge in [-0.25, -0.2) is 9.50 Å². The molecule has 1 saturated carbocycles. The van der Waals surface area contributed by atoms with Crippen LogP contribution in [0.5, 0.6) is 0 Å². The molecular weight excluding hydrogens is 418 g/mol. The SMILES string of the molecule is CC1(CNc2ncc3c(-c4ccn5ncc(C(=O)NC6CCOCC6)c5c4)c[nH]c3n2)CC1. The summed E-state index contributed by atoms with van der Waals surface area (Å²) in [5, 5.41) is 11.8. The second kappa shape index (κ2) is 7.84. The number of carbonyl (C=O) groups excluding carboxylic acids is 1. The molecule has 4 aromatic heterocycles. The fraction of sp³-hybridized carbons (Fsp3) is 0.417. The molecule has 33 heavy (non-hydrogen) atoms. The van der Waals surface area contributed by atoms with Gasteiger partial charge in [-0.15, -0.1) is 0 Å². The van der Waals surface area contributed by atoms with Gasteiger partial charge in [0.1, 0.15) is 5.65 Å². The molecule has 9 nitrogen and oxygen atoms in total. The Bertz CT molecular complexity index is 1330. The quantitative estimate of drug-likeness (QED) is 0.420. The second-order valence-corrected chi connectivity index (χ2v) is 9.49. The molecule has 1 amide bonds. The third kappa shape index (κ3) is 3.93. The molecule has 0 radical (unpaired) electrons. The van der Waals surface area contributed by atoms with E-state index in [1.54, 1.807) is 10.7 Å². The summed E-state index contributed by atoms with van der Waals surface area (Å²) in [7, 11) is 0. The van der Waals surface area contributed by atoms with E-state index in [0.29, 0.717) is 30.1 Å². The zero-order valence-corrected chi connectivity index (χ0v) is 18.6. The van der Waals surface area contributed by atoms with E-state index in [2.05, 4.69) is 37.6 Å². The lowest BCUT2D eigenvalue weighted by molar-refractivity contribution is 0.0697. The molecule has 0 unspecified atom stereocenters. The van der Waals surface area contributed by atoms with Gasteiger partial charge in [0.25, 0.3) is 5.91 Å². The minimum absolute atomic E-state index is 0.101. The summed E-state index contributed by atoms with van der Waals surface area (Å²) >= 11 is 0. The molecule has 0 spiro atoms. The number of amides is 1. The number of fused-ring (bicyclic) bond motifs is 2. The molecule has 9 heteroatoms. The summed E-state index contributed by atoms with van der Waals surface area (Å²) in [5.41, 5.74) is 4.47. The fourth-order valence-electron chi connectivity index (χ4n) is 4.34. The lowest BCUT2D eigenvalue weighted by Crippen LogP contribution is -2.38. The second-order valence-electron chi connectivity index (χ2n) is 9.49. The summed E-state index contributed by atoms with van der Waals surface area (Å²) in [4.78, 5) is 25.4. The number of pyridine rings is 1. The molecule has 0 aromatic carbocycles. The fourth-order valence-corrected chi connectivity index (χ4v) is 4.34. The minimum atomic E-state index is -0.101. The summed E-state index contributed by atoms with van der Waals surface area (Å²) in [6.45, 7) is 4.53. The standard InChI is InChI=1S/C24H27N7O2/c1-24(5-6-24)14-27-23-26-12-18-17(11-25-21(18)30-23)15-2-7-31-20(10-15)19(13-28-31)22(32)29-16-3-8-33-9-4-16/h2,7,10-13,16H,3-6,8-9,14H2,1H3,(H,29,32)(H2,25,26,27,30). The van der Waals surface area contributed by atoms with Crippen molar-refractivity contribution in [3.63, 3.8) is 0 Å². The van der Waals surface area contributed by atoms with Gasteiger partial charge in [0.05, 0.1) is 17.3 Å². The predicted octanol–water partition coefficient (Wildman–Crippen LogP) is 3.39. The van der Waals surface area contributed by atoms with Gasteiger partial charge < -0.3 is 20.4 Å². The number of carbonyl (C=O) groups is 1. The Labute approximate surface area is 191 Å². The molecule has 1 aliphatic carbocycles. The molecule has 170 valence electrons. The minimum Gasteiger partial charge on any atom is -0.381 e. The van der Waals surface area contributed by atoms with Crippen LogP contribution < -0.4 is 10.6 Å². The van der Waals surface area contributed by atoms with Gasteiger partial charge in [-0.05, 0) is 48.8 Å². The first-order valence-electron chi connectivity index (χ1n) is 11.5. The molecule has 6 rings (SSSR count). The highest BCUT2D eigenvalue weighted by molar-refractivity contribution is 6.02. The number of aromatic amines is 1. The molecule has 2 aliphatic rings. The van der Waals surface area contributed by atoms with Crippen molar-refractivity contribution in [1.29, 1.82) is 0 Å². The number of nitrogens with one attached hydrogen (secondary N) is 3. The highest BCUT2D eigenvalue weighted by Gasteiger charge is 2.37. The molecule has 1 saturated heterocycles. The number of hydrogen-bond acceptors (Lipinski definition) is 6. The van der Waals surface area contributed by atoms with Crippen LogP contribution in [0, 0.1) is 5.41 Å². The lowest BCUT2D eigenvalue weighted by atomic mass is 10.1. The Balaban J connectivity index is 1.27. The number of aromatic nitrogens is 5. The topological polar surface area (TPSA) is 109 Å². The van der Waals surface area contributed by atoms with Crippen molar-refractivity contribution < 1.29 is 9.53 Å². The lowest BCUT2D eigenvalue weighted by Gasteiger charge is -2.22. The van der Waals surface area contributed by atoms with Gasteiger partial charge in [0.15, 0.2) is 0 Å². The zero-order valence-electron chi connectivity index (χ0n) is 18.6. The van der Waals surface area contributed by atoms with Gasteiger partial charge in [0.2, 0.25) is 5.95 Å². The largest absolute Gasteiger partial charge is 0.381 e. The molecule has 5 heterocycles. The van der Waals surface area contributed by atoms with Crippen molar-refractivity contribution in [2.45, 2.75) is 38.6 Å². The first kappa shape index (κ1) is 20.2. The van der Waals surface area contributed by atoms with Crippen LogP contribution in [-0.2, 0) is 4.74 Å². The number of nitrogens with zero attached hydrogens (tertiary/aromatic N) is 4. The maximum atomic E-state index is 12.9. The number of hydrogen-bond donors (Lipinski definition) is 3. The Hall–Kier alpha value is -3.46. The number of anilines is 1. The molecule has 2 fully saturated rings. The van der Waals surface area contributed by atoms with E-state index in [1.165, 1.54) is 12.8 Å². The van der Waals surface area contributed by atoms with Gasteiger partial charge in [-0.3, -0.25) is 4.79 Å². The Morgan fingerprint density at radius 1 is 1.30 bits per heavy atom. The van der Waals surface area contributed by atoms with Crippen molar-refractivity contribution in [3.8, 4) is 11.1 Å². The molecule has 3 N–H and O–H groups in total. The highest BCUT2D eigenvalue weighted by atomic mass is 16.5. The smallest absolute Gasteiger partial charge is 0.255 e. The Morgan fingerprint density at radius 3 is 2.97 bits per heavy atom. The maximum Gasteiger partial charge on any atom is 0.255 e. The summed E-state index contributed by atoms with van der Waals surface area (Å²) in [6, 6.07) is 4.12. The van der Waals surface area contributed by atoms with E-state index in [0.717, 1.165) is 47.1 Å². The van der Waals surface area contributed by atoms with Crippen LogP contribution in [0.1, 0.15) is 43.0 Å². The van der Waals surface area contributed by atoms with Gasteiger partial charge >= 0.3 is 0 Å². The van der Waals surface area contributed by atoms with E-state index in [9.17, 15) is 4.79 Å². The van der Waals surface area contributed by atoms with Crippen molar-refractivity contribution in [2.75, 3.05) is 25.1 Å². The van der Waals surface area contributed by atoms with Crippen LogP contribution in [0.15, 0.2) is 36.9 Å². The summed E-state index contributed by atoms with van der Waals surface area (Å²) in [5.74, 6) is 0.540. The first-order chi connectivity index (χ1) is 16.1. The first-order valence-corrected chi connectivity index (χ1v) is 11.5. The number of H-pyrrole nitrogens is 1. The molecule has 4 aromatic rings. The van der Waals surface area contributed by atoms with E-state index in [4.69, 9.17) is 4.74 Å². The normalized spacial score (nSPS) is 18.0. The van der Waals surface area contributed by atoms with Crippen LogP contribution in [0.2, 0.25) is 0 Å². The van der Waals surface area contributed by atoms with Crippen LogP contribution in [0.25, 0.3) is 27.7 Å². The van der Waals surface area contributed by atoms with Gasteiger partial charge in [-0.1, -0.05) is 6.92 Å². The van der Waals surface area contributed by atoms with E-state index < -0.39 is 0 Å². The Morgan fingerprint density at radius 2 is 2.15 bits per heavy atom. The van der Waals surface area contributed by atoms with Gasteiger partial charge in [-0.2, -0.15) is 10.1 Å². The van der Waals surface area contributed by atoms with Gasteiger partial charge in [0, 0.05) is 55.3 Å². The average Bonchev–Trinajstić information content (AvgIpc) is 3.23.